The molecule has 0 radical (unpaired) electrons. The van der Waals surface area contributed by atoms with Crippen LogP contribution in [0.5, 0.6) is 0 Å². The molecule has 1 N–H and O–H groups in total. The van der Waals surface area contributed by atoms with Crippen molar-refractivity contribution in [2.45, 2.75) is 37.8 Å². The molecule has 2 rings (SSSR count). The van der Waals surface area contributed by atoms with Crippen molar-refractivity contribution in [3.8, 4) is 12.1 Å². The van der Waals surface area contributed by atoms with Gasteiger partial charge < -0.3 is 0 Å². The summed E-state index contributed by atoms with van der Waals surface area (Å²) in [7, 11) is 0. The second-order valence-electron chi connectivity index (χ2n) is 4.45. The summed E-state index contributed by atoms with van der Waals surface area (Å²) in [5.41, 5.74) is 1.49. The summed E-state index contributed by atoms with van der Waals surface area (Å²) in [4.78, 5) is 0. The fraction of sp³-hybridized carbons (Fsp3) is 0.429. The Morgan fingerprint density at radius 3 is 2.65 bits per heavy atom. The average Bonchev–Trinajstić information content (AvgIpc) is 2.89. The minimum absolute atomic E-state index is 0.300. The molecule has 3 heteroatoms. The Labute approximate surface area is 102 Å². The van der Waals surface area contributed by atoms with Crippen molar-refractivity contribution in [2.75, 3.05) is 0 Å². The minimum atomic E-state index is -0.300. The van der Waals surface area contributed by atoms with Gasteiger partial charge >= 0.3 is 0 Å². The van der Waals surface area contributed by atoms with Crippen LogP contribution in [-0.2, 0) is 0 Å². The van der Waals surface area contributed by atoms with E-state index in [2.05, 4.69) is 17.5 Å². The average molecular weight is 225 g/mol. The van der Waals surface area contributed by atoms with E-state index in [1.807, 2.05) is 12.1 Å². The molecular weight excluding hydrogens is 210 g/mol. The highest BCUT2D eigenvalue weighted by atomic mass is 15.0. The Morgan fingerprint density at radius 2 is 2.00 bits per heavy atom. The van der Waals surface area contributed by atoms with Gasteiger partial charge in [0, 0.05) is 6.04 Å². The predicted octanol–water partition coefficient (Wildman–Crippen LogP) is 2.66. The lowest BCUT2D eigenvalue weighted by atomic mass is 10.0. The first-order valence-electron chi connectivity index (χ1n) is 5.99. The topological polar surface area (TPSA) is 59.6 Å². The molecule has 86 valence electrons. The van der Waals surface area contributed by atoms with Crippen LogP contribution in [0, 0.1) is 22.7 Å². The van der Waals surface area contributed by atoms with E-state index in [0.29, 0.717) is 11.6 Å². The van der Waals surface area contributed by atoms with Crippen molar-refractivity contribution in [2.24, 2.45) is 0 Å². The molecule has 1 aromatic carbocycles. The maximum absolute atomic E-state index is 9.21. The third-order valence-electron chi connectivity index (χ3n) is 3.24. The number of benzene rings is 1. The molecule has 1 fully saturated rings. The van der Waals surface area contributed by atoms with E-state index in [-0.39, 0.29) is 6.04 Å². The van der Waals surface area contributed by atoms with Crippen LogP contribution in [0.4, 0.5) is 0 Å². The Balaban J connectivity index is 2.11. The highest BCUT2D eigenvalue weighted by Gasteiger charge is 2.19. The van der Waals surface area contributed by atoms with E-state index in [1.54, 1.807) is 12.1 Å². The lowest BCUT2D eigenvalue weighted by molar-refractivity contribution is 0.492. The van der Waals surface area contributed by atoms with Gasteiger partial charge in [0.25, 0.3) is 0 Å². The maximum atomic E-state index is 9.21. The lowest BCUT2D eigenvalue weighted by Gasteiger charge is -2.17. The largest absolute Gasteiger partial charge is 0.295 e. The van der Waals surface area contributed by atoms with Crippen molar-refractivity contribution >= 4 is 0 Å². The highest BCUT2D eigenvalue weighted by Crippen LogP contribution is 2.22. The fourth-order valence-electron chi connectivity index (χ4n) is 2.32. The van der Waals surface area contributed by atoms with Crippen molar-refractivity contribution < 1.29 is 0 Å². The Bertz CT molecular complexity index is 461. The molecule has 0 heterocycles. The van der Waals surface area contributed by atoms with Gasteiger partial charge in [-0.2, -0.15) is 10.5 Å². The van der Waals surface area contributed by atoms with E-state index in [0.717, 1.165) is 18.4 Å². The quantitative estimate of drug-likeness (QED) is 0.860. The van der Waals surface area contributed by atoms with Gasteiger partial charge in [0.2, 0.25) is 0 Å². The summed E-state index contributed by atoms with van der Waals surface area (Å²) in [6, 6.07) is 11.8. The smallest absolute Gasteiger partial charge is 0.121 e. The molecule has 1 aliphatic rings. The van der Waals surface area contributed by atoms with Gasteiger partial charge in [-0.1, -0.05) is 25.0 Å². The first kappa shape index (κ1) is 11.6. The van der Waals surface area contributed by atoms with Gasteiger partial charge in [0.1, 0.15) is 6.04 Å². The van der Waals surface area contributed by atoms with Gasteiger partial charge in [-0.3, -0.25) is 5.32 Å². The standard InChI is InChI=1S/C14H15N3/c15-9-11-4-3-5-12(8-11)14(10-16)17-13-6-1-2-7-13/h3-5,8,13-14,17H,1-2,6-7H2. The summed E-state index contributed by atoms with van der Waals surface area (Å²) < 4.78 is 0. The zero-order chi connectivity index (χ0) is 12.1. The summed E-state index contributed by atoms with van der Waals surface area (Å²) in [5, 5.41) is 21.4. The molecule has 0 amide bonds. The normalized spacial score (nSPS) is 17.3. The molecule has 0 saturated heterocycles. The number of hydrogen-bond donors (Lipinski definition) is 1. The van der Waals surface area contributed by atoms with Crippen molar-refractivity contribution in [3.05, 3.63) is 35.4 Å². The lowest BCUT2D eigenvalue weighted by Crippen LogP contribution is -2.29. The molecular formula is C14H15N3. The Kier molecular flexibility index (Phi) is 3.75. The van der Waals surface area contributed by atoms with Gasteiger partial charge in [-0.05, 0) is 30.5 Å². The predicted molar refractivity (Wildman–Crippen MR) is 64.9 cm³/mol. The zero-order valence-corrected chi connectivity index (χ0v) is 9.69. The highest BCUT2D eigenvalue weighted by molar-refractivity contribution is 5.36. The molecule has 1 unspecified atom stereocenters. The Morgan fingerprint density at radius 1 is 1.24 bits per heavy atom. The molecule has 17 heavy (non-hydrogen) atoms. The molecule has 1 aromatic rings. The SMILES string of the molecule is N#Cc1cccc(C(C#N)NC2CCCC2)c1. The van der Waals surface area contributed by atoms with E-state index in [4.69, 9.17) is 5.26 Å². The van der Waals surface area contributed by atoms with E-state index in [9.17, 15) is 5.26 Å². The number of nitrogens with one attached hydrogen (secondary N) is 1. The summed E-state index contributed by atoms with van der Waals surface area (Å²) >= 11 is 0. The fourth-order valence-corrected chi connectivity index (χ4v) is 2.32. The van der Waals surface area contributed by atoms with Crippen molar-refractivity contribution in [3.63, 3.8) is 0 Å². The van der Waals surface area contributed by atoms with Crippen LogP contribution in [0.1, 0.15) is 42.9 Å². The second kappa shape index (κ2) is 5.48. The van der Waals surface area contributed by atoms with Crippen LogP contribution in [0.15, 0.2) is 24.3 Å². The summed E-state index contributed by atoms with van der Waals surface area (Å²) in [6.07, 6.45) is 4.79. The van der Waals surface area contributed by atoms with E-state index < -0.39 is 0 Å². The molecule has 1 saturated carbocycles. The zero-order valence-electron chi connectivity index (χ0n) is 9.69. The van der Waals surface area contributed by atoms with Gasteiger partial charge in [0.15, 0.2) is 0 Å². The molecule has 0 bridgehead atoms. The molecule has 0 spiro atoms. The van der Waals surface area contributed by atoms with E-state index in [1.165, 1.54) is 12.8 Å². The van der Waals surface area contributed by atoms with Gasteiger partial charge in [0.05, 0.1) is 17.7 Å². The van der Waals surface area contributed by atoms with Crippen molar-refractivity contribution in [1.82, 2.24) is 5.32 Å². The van der Waals surface area contributed by atoms with Crippen LogP contribution in [-0.4, -0.2) is 6.04 Å². The maximum Gasteiger partial charge on any atom is 0.121 e. The number of nitrogens with zero attached hydrogens (tertiary/aromatic N) is 2. The number of rotatable bonds is 3. The molecule has 0 aliphatic heterocycles. The number of nitriles is 2. The van der Waals surface area contributed by atoms with Crippen LogP contribution in [0.3, 0.4) is 0 Å². The second-order valence-corrected chi connectivity index (χ2v) is 4.45. The van der Waals surface area contributed by atoms with Crippen LogP contribution >= 0.6 is 0 Å². The summed E-state index contributed by atoms with van der Waals surface area (Å²) in [6.45, 7) is 0. The Hall–Kier alpha value is -1.84. The van der Waals surface area contributed by atoms with Gasteiger partial charge in [-0.25, -0.2) is 0 Å². The number of hydrogen-bond acceptors (Lipinski definition) is 3. The molecule has 1 aliphatic carbocycles. The monoisotopic (exact) mass is 225 g/mol. The third-order valence-corrected chi connectivity index (χ3v) is 3.24. The van der Waals surface area contributed by atoms with Gasteiger partial charge in [-0.15, -0.1) is 0 Å². The van der Waals surface area contributed by atoms with Crippen molar-refractivity contribution in [1.29, 1.82) is 10.5 Å². The summed E-state index contributed by atoms with van der Waals surface area (Å²) in [5.74, 6) is 0. The first-order chi connectivity index (χ1) is 8.33. The van der Waals surface area contributed by atoms with Crippen LogP contribution in [0.2, 0.25) is 0 Å². The molecule has 3 nitrogen and oxygen atoms in total. The minimum Gasteiger partial charge on any atom is -0.295 e. The van der Waals surface area contributed by atoms with Crippen LogP contribution in [0.25, 0.3) is 0 Å². The first-order valence-corrected chi connectivity index (χ1v) is 5.99. The molecule has 0 aromatic heterocycles. The van der Waals surface area contributed by atoms with E-state index >= 15 is 0 Å². The molecule has 1 atom stereocenters. The van der Waals surface area contributed by atoms with Crippen LogP contribution < -0.4 is 5.32 Å². The third kappa shape index (κ3) is 2.84.